The molecule has 0 aliphatic heterocycles. The molecule has 2 heterocycles. The number of methoxy groups -OCH3 is 1. The van der Waals surface area contributed by atoms with Gasteiger partial charge < -0.3 is 15.0 Å². The number of amides is 1. The molecule has 2 aromatic heterocycles. The van der Waals surface area contributed by atoms with E-state index in [0.29, 0.717) is 22.5 Å². The Morgan fingerprint density at radius 2 is 1.87 bits per heavy atom. The number of ether oxygens (including phenoxy) is 1. The summed E-state index contributed by atoms with van der Waals surface area (Å²) >= 11 is 8.38. The summed E-state index contributed by atoms with van der Waals surface area (Å²) in [6.45, 7) is 4.48. The number of rotatable bonds is 7. The van der Waals surface area contributed by atoms with Gasteiger partial charge in [0.25, 0.3) is 5.91 Å². The van der Waals surface area contributed by atoms with Crippen LogP contribution in [0.1, 0.15) is 52.2 Å². The third kappa shape index (κ3) is 5.31. The van der Waals surface area contributed by atoms with Crippen molar-refractivity contribution >= 4 is 38.9 Å². The lowest BCUT2D eigenvalue weighted by molar-refractivity contribution is 0.0604. The van der Waals surface area contributed by atoms with Gasteiger partial charge in [-0.05, 0) is 82.0 Å². The smallest absolute Gasteiger partial charge is 0.266 e. The molecule has 0 unspecified atom stereocenters. The minimum atomic E-state index is -0.00651. The first-order valence-corrected chi connectivity index (χ1v) is 14.3. The second kappa shape index (κ2) is 11.4. The Labute approximate surface area is 233 Å². The van der Waals surface area contributed by atoms with E-state index in [1.54, 1.807) is 7.11 Å². The standard InChI is InChI=1S/C31H34ClN3O2S/c1-19-6-5-7-27-28(19)29(32)30(38-27)31(36)35(25-13-11-24(33-3)12-14-25)18-23-16-21(10-15-26(23)37-4)22-9-8-20(2)34-17-22/h5-10,15-17,24-25,33H,11-14,18H2,1-4H3. The van der Waals surface area contributed by atoms with Gasteiger partial charge in [-0.3, -0.25) is 9.78 Å². The summed E-state index contributed by atoms with van der Waals surface area (Å²) < 4.78 is 6.81. The lowest BCUT2D eigenvalue weighted by atomic mass is 9.89. The normalized spacial score (nSPS) is 17.5. The minimum Gasteiger partial charge on any atom is -0.496 e. The van der Waals surface area contributed by atoms with Crippen molar-refractivity contribution in [2.24, 2.45) is 0 Å². The predicted molar refractivity (Wildman–Crippen MR) is 158 cm³/mol. The van der Waals surface area contributed by atoms with Gasteiger partial charge in [-0.2, -0.15) is 0 Å². The Hall–Kier alpha value is -2.93. The third-order valence-corrected chi connectivity index (χ3v) is 9.37. The summed E-state index contributed by atoms with van der Waals surface area (Å²) in [4.78, 5) is 21.4. The average molecular weight is 548 g/mol. The highest BCUT2D eigenvalue weighted by atomic mass is 35.5. The van der Waals surface area contributed by atoms with Gasteiger partial charge in [-0.15, -0.1) is 11.3 Å². The molecule has 7 heteroatoms. The fraction of sp³-hybridized carbons (Fsp3) is 0.355. The number of thiophene rings is 1. The third-order valence-electron chi connectivity index (χ3n) is 7.73. The molecule has 0 radical (unpaired) electrons. The van der Waals surface area contributed by atoms with Crippen LogP contribution >= 0.6 is 22.9 Å². The van der Waals surface area contributed by atoms with Gasteiger partial charge in [-0.25, -0.2) is 0 Å². The van der Waals surface area contributed by atoms with Crippen molar-refractivity contribution in [2.75, 3.05) is 14.2 Å². The van der Waals surface area contributed by atoms with Crippen LogP contribution in [-0.2, 0) is 6.54 Å². The lowest BCUT2D eigenvalue weighted by Gasteiger charge is -2.37. The molecule has 5 nitrogen and oxygen atoms in total. The Morgan fingerprint density at radius 1 is 1.11 bits per heavy atom. The molecule has 38 heavy (non-hydrogen) atoms. The summed E-state index contributed by atoms with van der Waals surface area (Å²) in [6, 6.07) is 17.0. The maximum atomic E-state index is 14.3. The zero-order chi connectivity index (χ0) is 26.8. The summed E-state index contributed by atoms with van der Waals surface area (Å²) in [5.41, 5.74) is 5.13. The number of fused-ring (bicyclic) bond motifs is 1. The molecular formula is C31H34ClN3O2S. The average Bonchev–Trinajstić information content (AvgIpc) is 3.29. The fourth-order valence-corrected chi connectivity index (χ4v) is 7.12. The highest BCUT2D eigenvalue weighted by Gasteiger charge is 2.32. The van der Waals surface area contributed by atoms with E-state index in [9.17, 15) is 4.79 Å². The number of nitrogens with one attached hydrogen (secondary N) is 1. The second-order valence-electron chi connectivity index (χ2n) is 10.1. The number of halogens is 1. The molecule has 1 amide bonds. The molecule has 0 bridgehead atoms. The lowest BCUT2D eigenvalue weighted by Crippen LogP contribution is -2.44. The van der Waals surface area contributed by atoms with E-state index in [0.717, 1.165) is 69.5 Å². The second-order valence-corrected chi connectivity index (χ2v) is 11.6. The van der Waals surface area contributed by atoms with E-state index < -0.39 is 0 Å². The molecule has 1 aliphatic carbocycles. The summed E-state index contributed by atoms with van der Waals surface area (Å²) in [5.74, 6) is 0.766. The molecule has 1 saturated carbocycles. The van der Waals surface area contributed by atoms with Crippen LogP contribution in [0.25, 0.3) is 21.2 Å². The van der Waals surface area contributed by atoms with Crippen LogP contribution in [0.15, 0.2) is 54.7 Å². The number of hydrogen-bond acceptors (Lipinski definition) is 5. The van der Waals surface area contributed by atoms with Crippen LogP contribution in [0.5, 0.6) is 5.75 Å². The van der Waals surface area contributed by atoms with Crippen molar-refractivity contribution in [3.63, 3.8) is 0 Å². The SMILES string of the molecule is CNC1CCC(N(Cc2cc(-c3ccc(C)nc3)ccc2OC)C(=O)c2sc3cccc(C)c3c2Cl)CC1. The van der Waals surface area contributed by atoms with Crippen LogP contribution in [-0.4, -0.2) is 42.0 Å². The molecule has 2 aromatic carbocycles. The number of nitrogens with zero attached hydrogens (tertiary/aromatic N) is 2. The Kier molecular flexibility index (Phi) is 8.03. The van der Waals surface area contributed by atoms with Crippen molar-refractivity contribution in [2.45, 2.75) is 58.2 Å². The molecule has 1 N–H and O–H groups in total. The highest BCUT2D eigenvalue weighted by molar-refractivity contribution is 7.21. The van der Waals surface area contributed by atoms with Gasteiger partial charge in [0.1, 0.15) is 10.6 Å². The first kappa shape index (κ1) is 26.7. The summed E-state index contributed by atoms with van der Waals surface area (Å²) in [5, 5.41) is 4.95. The van der Waals surface area contributed by atoms with Crippen molar-refractivity contribution < 1.29 is 9.53 Å². The number of aryl methyl sites for hydroxylation is 2. The monoisotopic (exact) mass is 547 g/mol. The quantitative estimate of drug-likeness (QED) is 0.261. The largest absolute Gasteiger partial charge is 0.496 e. The van der Waals surface area contributed by atoms with Gasteiger partial charge in [0.05, 0.1) is 12.1 Å². The van der Waals surface area contributed by atoms with Crippen LogP contribution in [0.3, 0.4) is 0 Å². The van der Waals surface area contributed by atoms with Crippen LogP contribution in [0.4, 0.5) is 0 Å². The number of carbonyl (C=O) groups is 1. The maximum absolute atomic E-state index is 14.3. The Morgan fingerprint density at radius 3 is 2.53 bits per heavy atom. The van der Waals surface area contributed by atoms with Crippen molar-refractivity contribution in [3.8, 4) is 16.9 Å². The van der Waals surface area contributed by atoms with Crippen molar-refractivity contribution in [1.82, 2.24) is 15.2 Å². The van der Waals surface area contributed by atoms with E-state index in [-0.39, 0.29) is 11.9 Å². The van der Waals surface area contributed by atoms with Crippen molar-refractivity contribution in [1.29, 1.82) is 0 Å². The molecule has 198 valence electrons. The molecule has 5 rings (SSSR count). The van der Waals surface area contributed by atoms with Gasteiger partial charge in [0.2, 0.25) is 0 Å². The summed E-state index contributed by atoms with van der Waals surface area (Å²) in [7, 11) is 3.70. The number of aromatic nitrogens is 1. The zero-order valence-corrected chi connectivity index (χ0v) is 24.0. The van der Waals surface area contributed by atoms with Gasteiger partial charge in [-0.1, -0.05) is 35.9 Å². The highest BCUT2D eigenvalue weighted by Crippen LogP contribution is 2.39. The first-order chi connectivity index (χ1) is 18.4. The van der Waals surface area contributed by atoms with E-state index >= 15 is 0 Å². The topological polar surface area (TPSA) is 54.5 Å². The van der Waals surface area contributed by atoms with Crippen LogP contribution in [0.2, 0.25) is 5.02 Å². The van der Waals surface area contributed by atoms with E-state index in [2.05, 4.69) is 22.4 Å². The molecule has 0 saturated heterocycles. The maximum Gasteiger partial charge on any atom is 0.266 e. The Bertz CT molecular complexity index is 1440. The van der Waals surface area contributed by atoms with E-state index in [1.165, 1.54) is 11.3 Å². The minimum absolute atomic E-state index is 0.00651. The number of hydrogen-bond donors (Lipinski definition) is 1. The van der Waals surface area contributed by atoms with Crippen molar-refractivity contribution in [3.05, 3.63) is 81.4 Å². The van der Waals surface area contributed by atoms with E-state index in [4.69, 9.17) is 16.3 Å². The first-order valence-electron chi connectivity index (χ1n) is 13.2. The molecule has 1 aliphatic rings. The predicted octanol–water partition coefficient (Wildman–Crippen LogP) is 7.42. The molecule has 0 atom stereocenters. The Balaban J connectivity index is 1.54. The number of benzene rings is 2. The summed E-state index contributed by atoms with van der Waals surface area (Å²) in [6.07, 6.45) is 5.86. The number of pyridine rings is 1. The van der Waals surface area contributed by atoms with Crippen LogP contribution < -0.4 is 10.1 Å². The number of carbonyl (C=O) groups excluding carboxylic acids is 1. The van der Waals surface area contributed by atoms with Gasteiger partial charge in [0.15, 0.2) is 0 Å². The zero-order valence-electron chi connectivity index (χ0n) is 22.4. The fourth-order valence-electron chi connectivity index (χ4n) is 5.49. The van der Waals surface area contributed by atoms with Gasteiger partial charge >= 0.3 is 0 Å². The van der Waals surface area contributed by atoms with Gasteiger partial charge in [0, 0.05) is 51.7 Å². The molecule has 4 aromatic rings. The molecule has 0 spiro atoms. The molecule has 1 fully saturated rings. The molecular weight excluding hydrogens is 514 g/mol. The van der Waals surface area contributed by atoms with E-state index in [1.807, 2.05) is 68.4 Å². The van der Waals surface area contributed by atoms with Crippen LogP contribution in [0, 0.1) is 13.8 Å².